The van der Waals surface area contributed by atoms with Crippen LogP contribution in [0.2, 0.25) is 0 Å². The Bertz CT molecular complexity index is 412. The van der Waals surface area contributed by atoms with Crippen LogP contribution in [0.5, 0.6) is 0 Å². The van der Waals surface area contributed by atoms with Crippen LogP contribution in [0.1, 0.15) is 25.8 Å². The molecule has 0 saturated carbocycles. The molecule has 3 nitrogen and oxygen atoms in total. The highest BCUT2D eigenvalue weighted by Crippen LogP contribution is 2.23. The van der Waals surface area contributed by atoms with Crippen molar-refractivity contribution in [1.82, 2.24) is 0 Å². The van der Waals surface area contributed by atoms with E-state index in [9.17, 15) is 9.00 Å². The van der Waals surface area contributed by atoms with Crippen LogP contribution in [0.3, 0.4) is 0 Å². The predicted octanol–water partition coefficient (Wildman–Crippen LogP) is 2.28. The molecule has 0 heterocycles. The second kappa shape index (κ2) is 6.69. The molecule has 0 aliphatic carbocycles. The smallest absolute Gasteiger partial charge is 0.306 e. The van der Waals surface area contributed by atoms with Crippen molar-refractivity contribution in [3.63, 3.8) is 0 Å². The molecule has 0 N–H and O–H groups in total. The van der Waals surface area contributed by atoms with E-state index < -0.39 is 10.8 Å². The number of esters is 1. The van der Waals surface area contributed by atoms with Gasteiger partial charge in [0.1, 0.15) is 6.61 Å². The third kappa shape index (κ3) is 5.00. The van der Waals surface area contributed by atoms with E-state index in [0.29, 0.717) is 12.4 Å². The second-order valence-corrected chi connectivity index (χ2v) is 6.49. The SMILES string of the molecule is C[S@@](=O)CCC(=O)OCC(C)(C)c1ccccc1. The Labute approximate surface area is 111 Å². The molecule has 1 atom stereocenters. The minimum Gasteiger partial charge on any atom is -0.465 e. The molecule has 0 radical (unpaired) electrons. The maximum Gasteiger partial charge on any atom is 0.306 e. The Hall–Kier alpha value is -1.16. The van der Waals surface area contributed by atoms with Crippen molar-refractivity contribution in [3.8, 4) is 0 Å². The summed E-state index contributed by atoms with van der Waals surface area (Å²) in [6, 6.07) is 9.95. The first kappa shape index (κ1) is 14.9. The summed E-state index contributed by atoms with van der Waals surface area (Å²) in [5, 5.41) is 0. The first-order valence-corrected chi connectivity index (χ1v) is 7.66. The summed E-state index contributed by atoms with van der Waals surface area (Å²) >= 11 is 0. The van der Waals surface area contributed by atoms with Gasteiger partial charge in [0.25, 0.3) is 0 Å². The molecule has 0 aliphatic rings. The summed E-state index contributed by atoms with van der Waals surface area (Å²) in [6.45, 7) is 4.41. The number of carbonyl (C=O) groups excluding carboxylic acids is 1. The van der Waals surface area contributed by atoms with Crippen molar-refractivity contribution >= 4 is 16.8 Å². The van der Waals surface area contributed by atoms with Crippen LogP contribution in [0, 0.1) is 0 Å². The molecule has 0 aliphatic heterocycles. The van der Waals surface area contributed by atoms with Crippen molar-refractivity contribution in [3.05, 3.63) is 35.9 Å². The zero-order valence-corrected chi connectivity index (χ0v) is 12.0. The van der Waals surface area contributed by atoms with Gasteiger partial charge in [-0.15, -0.1) is 0 Å². The maximum atomic E-state index is 11.5. The first-order valence-electron chi connectivity index (χ1n) is 5.93. The lowest BCUT2D eigenvalue weighted by molar-refractivity contribution is -0.144. The highest BCUT2D eigenvalue weighted by Gasteiger charge is 2.22. The second-order valence-electron chi connectivity index (χ2n) is 4.94. The third-order valence-corrected chi connectivity index (χ3v) is 3.52. The number of ether oxygens (including phenoxy) is 1. The molecule has 18 heavy (non-hydrogen) atoms. The van der Waals surface area contributed by atoms with Crippen molar-refractivity contribution in [2.24, 2.45) is 0 Å². The van der Waals surface area contributed by atoms with Gasteiger partial charge in [-0.05, 0) is 5.56 Å². The van der Waals surface area contributed by atoms with Crippen LogP contribution in [0.15, 0.2) is 30.3 Å². The minimum atomic E-state index is -0.948. The Morgan fingerprint density at radius 3 is 2.44 bits per heavy atom. The Morgan fingerprint density at radius 1 is 1.28 bits per heavy atom. The molecule has 0 fully saturated rings. The molecule has 0 spiro atoms. The van der Waals surface area contributed by atoms with Crippen molar-refractivity contribution in [2.45, 2.75) is 25.7 Å². The van der Waals surface area contributed by atoms with Crippen LogP contribution >= 0.6 is 0 Å². The summed E-state index contributed by atoms with van der Waals surface area (Å²) in [7, 11) is -0.948. The van der Waals surface area contributed by atoms with Crippen LogP contribution < -0.4 is 0 Å². The van der Waals surface area contributed by atoms with Gasteiger partial charge >= 0.3 is 5.97 Å². The van der Waals surface area contributed by atoms with Crippen molar-refractivity contribution in [1.29, 1.82) is 0 Å². The van der Waals surface area contributed by atoms with E-state index in [1.54, 1.807) is 6.26 Å². The van der Waals surface area contributed by atoms with Crippen LogP contribution in [0.4, 0.5) is 0 Å². The van der Waals surface area contributed by atoms with Gasteiger partial charge in [-0.1, -0.05) is 44.2 Å². The molecule has 1 aromatic rings. The van der Waals surface area contributed by atoms with Crippen molar-refractivity contribution in [2.75, 3.05) is 18.6 Å². The summed E-state index contributed by atoms with van der Waals surface area (Å²) in [5.74, 6) is 0.0825. The lowest BCUT2D eigenvalue weighted by atomic mass is 9.86. The molecule has 0 aromatic heterocycles. The van der Waals surface area contributed by atoms with Crippen LogP contribution in [-0.2, 0) is 25.7 Å². The molecule has 0 unspecified atom stereocenters. The van der Waals surface area contributed by atoms with Gasteiger partial charge in [0, 0.05) is 28.2 Å². The number of benzene rings is 1. The Balaban J connectivity index is 2.47. The average molecular weight is 268 g/mol. The third-order valence-electron chi connectivity index (χ3n) is 2.74. The largest absolute Gasteiger partial charge is 0.465 e. The first-order chi connectivity index (χ1) is 8.42. The van der Waals surface area contributed by atoms with Gasteiger partial charge in [-0.3, -0.25) is 9.00 Å². The highest BCUT2D eigenvalue weighted by atomic mass is 32.2. The summed E-state index contributed by atoms with van der Waals surface area (Å²) < 4.78 is 16.1. The molecule has 1 rings (SSSR count). The summed E-state index contributed by atoms with van der Waals surface area (Å²) in [5.41, 5.74) is 0.930. The van der Waals surface area contributed by atoms with Crippen LogP contribution in [0.25, 0.3) is 0 Å². The fourth-order valence-electron chi connectivity index (χ4n) is 1.53. The van der Waals surface area contributed by atoms with Gasteiger partial charge in [-0.2, -0.15) is 0 Å². The molecular weight excluding hydrogens is 248 g/mol. The van der Waals surface area contributed by atoms with Gasteiger partial charge in [0.2, 0.25) is 0 Å². The normalized spacial score (nSPS) is 13.1. The zero-order valence-electron chi connectivity index (χ0n) is 11.1. The van der Waals surface area contributed by atoms with Gasteiger partial charge in [0.15, 0.2) is 0 Å². The zero-order chi connectivity index (χ0) is 13.6. The van der Waals surface area contributed by atoms with E-state index in [4.69, 9.17) is 4.74 Å². The summed E-state index contributed by atoms with van der Waals surface area (Å²) in [4.78, 5) is 11.5. The quantitative estimate of drug-likeness (QED) is 0.743. The maximum absolute atomic E-state index is 11.5. The minimum absolute atomic E-state index is 0.206. The predicted molar refractivity (Wildman–Crippen MR) is 74.0 cm³/mol. The fraction of sp³-hybridized carbons (Fsp3) is 0.500. The lowest BCUT2D eigenvalue weighted by Crippen LogP contribution is -2.26. The Kier molecular flexibility index (Phi) is 5.54. The van der Waals surface area contributed by atoms with E-state index >= 15 is 0 Å². The number of hydrogen-bond acceptors (Lipinski definition) is 3. The average Bonchev–Trinajstić information content (AvgIpc) is 2.35. The molecule has 0 amide bonds. The number of carbonyl (C=O) groups is 1. The highest BCUT2D eigenvalue weighted by molar-refractivity contribution is 7.84. The van der Waals surface area contributed by atoms with Crippen molar-refractivity contribution < 1.29 is 13.7 Å². The molecular formula is C14H20O3S. The van der Waals surface area contributed by atoms with E-state index in [1.165, 1.54) is 0 Å². The standard InChI is InChI=1S/C14H20O3S/c1-14(2,12-7-5-4-6-8-12)11-17-13(15)9-10-18(3)16/h4-8H,9-11H2,1-3H3/t18-/m1/s1. The monoisotopic (exact) mass is 268 g/mol. The molecule has 0 bridgehead atoms. The van der Waals surface area contributed by atoms with E-state index in [0.717, 1.165) is 5.56 Å². The topological polar surface area (TPSA) is 43.4 Å². The molecule has 100 valence electrons. The Morgan fingerprint density at radius 2 is 1.89 bits per heavy atom. The van der Waals surface area contributed by atoms with Gasteiger partial charge in [-0.25, -0.2) is 0 Å². The lowest BCUT2D eigenvalue weighted by Gasteiger charge is -2.24. The van der Waals surface area contributed by atoms with Gasteiger partial charge in [0.05, 0.1) is 6.42 Å². The van der Waals surface area contributed by atoms with E-state index in [2.05, 4.69) is 0 Å². The van der Waals surface area contributed by atoms with Gasteiger partial charge < -0.3 is 4.74 Å². The summed E-state index contributed by atoms with van der Waals surface area (Å²) in [6.07, 6.45) is 1.80. The van der Waals surface area contributed by atoms with Crippen LogP contribution in [-0.4, -0.2) is 28.8 Å². The molecule has 0 saturated heterocycles. The molecule has 1 aromatic carbocycles. The number of rotatable bonds is 6. The fourth-order valence-corrected chi connectivity index (χ4v) is 1.99. The number of hydrogen-bond donors (Lipinski definition) is 0. The molecule has 4 heteroatoms. The van der Waals surface area contributed by atoms with E-state index in [1.807, 2.05) is 44.2 Å². The van der Waals surface area contributed by atoms with E-state index in [-0.39, 0.29) is 17.8 Å².